The zero-order chi connectivity index (χ0) is 7.56. The quantitative estimate of drug-likeness (QED) is 0.586. The third-order valence-electron chi connectivity index (χ3n) is 2.08. The number of nitrogens with one attached hydrogen (secondary N) is 1. The van der Waals surface area contributed by atoms with Crippen LogP contribution < -0.4 is 5.32 Å². The molecule has 2 atom stereocenters. The topological polar surface area (TPSA) is 29.1 Å². The lowest BCUT2D eigenvalue weighted by atomic mass is 9.93. The van der Waals surface area contributed by atoms with Gasteiger partial charge in [-0.1, -0.05) is 13.8 Å². The van der Waals surface area contributed by atoms with Crippen molar-refractivity contribution >= 4 is 5.91 Å². The van der Waals surface area contributed by atoms with E-state index in [1.807, 2.05) is 0 Å². The number of piperidine rings is 1. The van der Waals surface area contributed by atoms with Gasteiger partial charge in [0.15, 0.2) is 0 Å². The standard InChI is InChI=1S/C8H15NO/c1-3-7-4-6(2)5-8(10)9-7/h6-7H,3-5H2,1-2H3,(H,9,10)/t6-,7+/m1/s1. The molecular formula is C8H15NO. The van der Waals surface area contributed by atoms with Crippen LogP contribution in [0, 0.1) is 5.92 Å². The summed E-state index contributed by atoms with van der Waals surface area (Å²) in [5.41, 5.74) is 0. The summed E-state index contributed by atoms with van der Waals surface area (Å²) in [5.74, 6) is 0.810. The molecule has 2 nitrogen and oxygen atoms in total. The van der Waals surface area contributed by atoms with Crippen LogP contribution in [0.5, 0.6) is 0 Å². The van der Waals surface area contributed by atoms with Gasteiger partial charge in [0.05, 0.1) is 0 Å². The molecular weight excluding hydrogens is 126 g/mol. The van der Waals surface area contributed by atoms with Gasteiger partial charge < -0.3 is 5.32 Å². The van der Waals surface area contributed by atoms with Gasteiger partial charge in [0.2, 0.25) is 5.91 Å². The molecule has 1 aliphatic rings. The van der Waals surface area contributed by atoms with Crippen LogP contribution in [0.4, 0.5) is 0 Å². The minimum absolute atomic E-state index is 0.227. The fourth-order valence-corrected chi connectivity index (χ4v) is 1.50. The molecule has 0 radical (unpaired) electrons. The van der Waals surface area contributed by atoms with Crippen LogP contribution in [0.2, 0.25) is 0 Å². The van der Waals surface area contributed by atoms with Gasteiger partial charge in [0.25, 0.3) is 0 Å². The minimum Gasteiger partial charge on any atom is -0.353 e. The van der Waals surface area contributed by atoms with E-state index >= 15 is 0 Å². The zero-order valence-corrected chi connectivity index (χ0v) is 6.68. The summed E-state index contributed by atoms with van der Waals surface area (Å²) in [5, 5.41) is 2.96. The van der Waals surface area contributed by atoms with E-state index in [1.165, 1.54) is 0 Å². The fraction of sp³-hybridized carbons (Fsp3) is 0.875. The molecule has 1 rings (SSSR count). The van der Waals surface area contributed by atoms with Crippen LogP contribution in [-0.4, -0.2) is 11.9 Å². The Morgan fingerprint density at radius 1 is 1.70 bits per heavy atom. The first-order valence-electron chi connectivity index (χ1n) is 4.01. The highest BCUT2D eigenvalue weighted by atomic mass is 16.1. The monoisotopic (exact) mass is 141 g/mol. The minimum atomic E-state index is 0.227. The molecule has 0 aliphatic carbocycles. The first-order valence-corrected chi connectivity index (χ1v) is 4.01. The van der Waals surface area contributed by atoms with Gasteiger partial charge in [-0.3, -0.25) is 4.79 Å². The second kappa shape index (κ2) is 3.04. The van der Waals surface area contributed by atoms with Gasteiger partial charge in [-0.25, -0.2) is 0 Å². The third kappa shape index (κ3) is 1.72. The Morgan fingerprint density at radius 2 is 2.40 bits per heavy atom. The Labute approximate surface area is 62.0 Å². The lowest BCUT2D eigenvalue weighted by Gasteiger charge is -2.26. The molecule has 10 heavy (non-hydrogen) atoms. The Kier molecular flexibility index (Phi) is 2.30. The maximum absolute atomic E-state index is 10.9. The molecule has 2 heteroatoms. The van der Waals surface area contributed by atoms with E-state index in [1.54, 1.807) is 0 Å². The summed E-state index contributed by atoms with van der Waals surface area (Å²) in [6, 6.07) is 0.441. The van der Waals surface area contributed by atoms with Gasteiger partial charge in [-0.15, -0.1) is 0 Å². The highest BCUT2D eigenvalue weighted by Crippen LogP contribution is 2.17. The first kappa shape index (κ1) is 7.58. The SMILES string of the molecule is CC[C@H]1C[C@@H](C)CC(=O)N1. The molecule has 0 aromatic rings. The van der Waals surface area contributed by atoms with Crippen molar-refractivity contribution < 1.29 is 4.79 Å². The fourth-order valence-electron chi connectivity index (χ4n) is 1.50. The van der Waals surface area contributed by atoms with E-state index in [4.69, 9.17) is 0 Å². The molecule has 58 valence electrons. The maximum Gasteiger partial charge on any atom is 0.220 e. The molecule has 0 spiro atoms. The van der Waals surface area contributed by atoms with Gasteiger partial charge in [-0.05, 0) is 18.8 Å². The van der Waals surface area contributed by atoms with Gasteiger partial charge in [0.1, 0.15) is 0 Å². The largest absolute Gasteiger partial charge is 0.353 e. The molecule has 1 amide bonds. The van der Waals surface area contributed by atoms with Crippen molar-refractivity contribution in [2.24, 2.45) is 5.92 Å². The first-order chi connectivity index (χ1) is 4.72. The predicted octanol–water partition coefficient (Wildman–Crippen LogP) is 1.31. The molecule has 1 saturated heterocycles. The number of rotatable bonds is 1. The van der Waals surface area contributed by atoms with Crippen molar-refractivity contribution in [3.8, 4) is 0 Å². The summed E-state index contributed by atoms with van der Waals surface area (Å²) >= 11 is 0. The van der Waals surface area contributed by atoms with Gasteiger partial charge in [-0.2, -0.15) is 0 Å². The molecule has 0 aromatic heterocycles. The van der Waals surface area contributed by atoms with E-state index in [0.717, 1.165) is 19.3 Å². The van der Waals surface area contributed by atoms with Crippen LogP contribution >= 0.6 is 0 Å². The van der Waals surface area contributed by atoms with Crippen molar-refractivity contribution in [1.82, 2.24) is 5.32 Å². The van der Waals surface area contributed by atoms with E-state index in [9.17, 15) is 4.79 Å². The molecule has 1 N–H and O–H groups in total. The van der Waals surface area contributed by atoms with Crippen molar-refractivity contribution in [2.45, 2.75) is 39.2 Å². The van der Waals surface area contributed by atoms with E-state index < -0.39 is 0 Å². The number of carbonyl (C=O) groups excluding carboxylic acids is 1. The van der Waals surface area contributed by atoms with Crippen LogP contribution in [-0.2, 0) is 4.79 Å². The lowest BCUT2D eigenvalue weighted by Crippen LogP contribution is -2.41. The smallest absolute Gasteiger partial charge is 0.220 e. The lowest BCUT2D eigenvalue weighted by molar-refractivity contribution is -0.124. The summed E-state index contributed by atoms with van der Waals surface area (Å²) in [6.45, 7) is 4.25. The van der Waals surface area contributed by atoms with Crippen LogP contribution in [0.15, 0.2) is 0 Å². The summed E-state index contributed by atoms with van der Waals surface area (Å²) in [7, 11) is 0. The van der Waals surface area contributed by atoms with E-state index in [-0.39, 0.29) is 5.91 Å². The number of hydrogen-bond acceptors (Lipinski definition) is 1. The summed E-state index contributed by atoms with van der Waals surface area (Å²) < 4.78 is 0. The number of carbonyl (C=O) groups is 1. The second-order valence-electron chi connectivity index (χ2n) is 3.22. The van der Waals surface area contributed by atoms with E-state index in [2.05, 4.69) is 19.2 Å². The molecule has 1 heterocycles. The normalized spacial score (nSPS) is 33.6. The Morgan fingerprint density at radius 3 is 2.90 bits per heavy atom. The number of hydrogen-bond donors (Lipinski definition) is 1. The molecule has 1 fully saturated rings. The Balaban J connectivity index is 2.42. The van der Waals surface area contributed by atoms with Crippen LogP contribution in [0.3, 0.4) is 0 Å². The average Bonchev–Trinajstić information content (AvgIpc) is 1.85. The van der Waals surface area contributed by atoms with E-state index in [0.29, 0.717) is 12.0 Å². The van der Waals surface area contributed by atoms with Gasteiger partial charge >= 0.3 is 0 Å². The highest BCUT2D eigenvalue weighted by Gasteiger charge is 2.21. The average molecular weight is 141 g/mol. The Bertz CT molecular complexity index is 133. The molecule has 0 bridgehead atoms. The summed E-state index contributed by atoms with van der Waals surface area (Å²) in [6.07, 6.45) is 2.94. The number of amides is 1. The predicted molar refractivity (Wildman–Crippen MR) is 40.6 cm³/mol. The van der Waals surface area contributed by atoms with Crippen molar-refractivity contribution in [1.29, 1.82) is 0 Å². The molecule has 0 aromatic carbocycles. The van der Waals surface area contributed by atoms with Gasteiger partial charge in [0, 0.05) is 12.5 Å². The zero-order valence-electron chi connectivity index (χ0n) is 6.68. The molecule has 0 unspecified atom stereocenters. The summed E-state index contributed by atoms with van der Waals surface area (Å²) in [4.78, 5) is 10.9. The highest BCUT2D eigenvalue weighted by molar-refractivity contribution is 5.77. The maximum atomic E-state index is 10.9. The molecule has 1 aliphatic heterocycles. The van der Waals surface area contributed by atoms with Crippen molar-refractivity contribution in [3.63, 3.8) is 0 Å². The molecule has 0 saturated carbocycles. The third-order valence-corrected chi connectivity index (χ3v) is 2.08. The van der Waals surface area contributed by atoms with Crippen molar-refractivity contribution in [3.05, 3.63) is 0 Å². The second-order valence-corrected chi connectivity index (χ2v) is 3.22. The van der Waals surface area contributed by atoms with Crippen LogP contribution in [0.25, 0.3) is 0 Å². The van der Waals surface area contributed by atoms with Crippen LogP contribution in [0.1, 0.15) is 33.1 Å². The Hall–Kier alpha value is -0.530. The van der Waals surface area contributed by atoms with Crippen molar-refractivity contribution in [2.75, 3.05) is 0 Å².